The number of hydrogen-bond donors (Lipinski definition) is 1. The second-order valence-electron chi connectivity index (χ2n) is 5.15. The SMILES string of the molecule is Cc1ccc(F)cc1NC(=O)c1c(Br)c2ccccc2n1C. The molecular formula is C17H14BrFN2O. The molecule has 0 atom stereocenters. The van der Waals surface area contributed by atoms with Crippen LogP contribution in [0.2, 0.25) is 0 Å². The molecule has 3 rings (SSSR count). The van der Waals surface area contributed by atoms with E-state index in [-0.39, 0.29) is 11.7 Å². The minimum Gasteiger partial charge on any atom is -0.339 e. The number of nitrogens with zero attached hydrogens (tertiary/aromatic N) is 1. The Bertz CT molecular complexity index is 847. The number of amides is 1. The summed E-state index contributed by atoms with van der Waals surface area (Å²) in [6.45, 7) is 1.82. The molecule has 1 aromatic heterocycles. The zero-order valence-electron chi connectivity index (χ0n) is 12.2. The van der Waals surface area contributed by atoms with Crippen molar-refractivity contribution in [3.8, 4) is 0 Å². The van der Waals surface area contributed by atoms with Gasteiger partial charge in [-0.05, 0) is 46.6 Å². The van der Waals surface area contributed by atoms with E-state index >= 15 is 0 Å². The Labute approximate surface area is 135 Å². The maximum atomic E-state index is 13.4. The van der Waals surface area contributed by atoms with Crippen molar-refractivity contribution >= 4 is 38.4 Å². The molecule has 3 nitrogen and oxygen atoms in total. The molecule has 0 saturated heterocycles. The van der Waals surface area contributed by atoms with Gasteiger partial charge >= 0.3 is 0 Å². The summed E-state index contributed by atoms with van der Waals surface area (Å²) >= 11 is 3.49. The van der Waals surface area contributed by atoms with Gasteiger partial charge in [0.2, 0.25) is 0 Å². The Kier molecular flexibility index (Phi) is 3.74. The minimum absolute atomic E-state index is 0.278. The molecule has 2 aromatic carbocycles. The highest BCUT2D eigenvalue weighted by molar-refractivity contribution is 9.10. The third kappa shape index (κ3) is 2.41. The molecular weight excluding hydrogens is 347 g/mol. The summed E-state index contributed by atoms with van der Waals surface area (Å²) < 4.78 is 15.9. The van der Waals surface area contributed by atoms with Crippen molar-refractivity contribution in [1.82, 2.24) is 4.57 Å². The number of hydrogen-bond acceptors (Lipinski definition) is 1. The number of aromatic nitrogens is 1. The molecule has 1 heterocycles. The number of aryl methyl sites for hydroxylation is 2. The lowest BCUT2D eigenvalue weighted by Gasteiger charge is -2.10. The molecule has 0 fully saturated rings. The largest absolute Gasteiger partial charge is 0.339 e. The van der Waals surface area contributed by atoms with Gasteiger partial charge in [0.15, 0.2) is 0 Å². The Balaban J connectivity index is 2.04. The highest BCUT2D eigenvalue weighted by Gasteiger charge is 2.19. The van der Waals surface area contributed by atoms with Crippen LogP contribution in [0.1, 0.15) is 16.1 Å². The van der Waals surface area contributed by atoms with E-state index in [1.165, 1.54) is 12.1 Å². The lowest BCUT2D eigenvalue weighted by Crippen LogP contribution is -2.17. The highest BCUT2D eigenvalue weighted by Crippen LogP contribution is 2.31. The molecule has 1 amide bonds. The van der Waals surface area contributed by atoms with Crippen LogP contribution >= 0.6 is 15.9 Å². The number of halogens is 2. The lowest BCUT2D eigenvalue weighted by atomic mass is 10.2. The van der Waals surface area contributed by atoms with E-state index in [1.54, 1.807) is 6.07 Å². The van der Waals surface area contributed by atoms with E-state index in [4.69, 9.17) is 0 Å². The van der Waals surface area contributed by atoms with E-state index in [0.717, 1.165) is 20.9 Å². The molecule has 0 saturated carbocycles. The monoisotopic (exact) mass is 360 g/mol. The van der Waals surface area contributed by atoms with Gasteiger partial charge in [0.1, 0.15) is 11.5 Å². The fourth-order valence-corrected chi connectivity index (χ4v) is 3.29. The molecule has 0 spiro atoms. The van der Waals surface area contributed by atoms with Gasteiger partial charge in [0.05, 0.1) is 4.47 Å². The molecule has 0 aliphatic carbocycles. The maximum absolute atomic E-state index is 13.4. The summed E-state index contributed by atoms with van der Waals surface area (Å²) in [5, 5.41) is 3.74. The van der Waals surface area contributed by atoms with E-state index in [9.17, 15) is 9.18 Å². The molecule has 0 bridgehead atoms. The summed E-state index contributed by atoms with van der Waals surface area (Å²) in [5.74, 6) is -0.656. The van der Waals surface area contributed by atoms with Crippen molar-refractivity contribution in [2.24, 2.45) is 7.05 Å². The zero-order valence-corrected chi connectivity index (χ0v) is 13.7. The molecule has 3 aromatic rings. The van der Waals surface area contributed by atoms with Crippen LogP contribution in [0, 0.1) is 12.7 Å². The van der Waals surface area contributed by atoms with Gasteiger partial charge in [-0.25, -0.2) is 4.39 Å². The summed E-state index contributed by atoms with van der Waals surface area (Å²) in [4.78, 5) is 12.6. The van der Waals surface area contributed by atoms with Crippen molar-refractivity contribution in [2.45, 2.75) is 6.92 Å². The predicted octanol–water partition coefficient (Wildman–Crippen LogP) is 4.64. The Morgan fingerprint density at radius 3 is 2.68 bits per heavy atom. The standard InChI is InChI=1S/C17H14BrFN2O/c1-10-7-8-11(19)9-13(10)20-17(22)16-15(18)12-5-3-4-6-14(12)21(16)2/h3-9H,1-2H3,(H,20,22). The third-order valence-corrected chi connectivity index (χ3v) is 4.51. The summed E-state index contributed by atoms with van der Waals surface area (Å²) in [6.07, 6.45) is 0. The third-order valence-electron chi connectivity index (χ3n) is 3.71. The molecule has 0 radical (unpaired) electrons. The van der Waals surface area contributed by atoms with Crippen molar-refractivity contribution < 1.29 is 9.18 Å². The lowest BCUT2D eigenvalue weighted by molar-refractivity contribution is 0.101. The minimum atomic E-state index is -0.378. The van der Waals surface area contributed by atoms with Crippen molar-refractivity contribution in [3.05, 3.63) is 64.0 Å². The Hall–Kier alpha value is -2.14. The first kappa shape index (κ1) is 14.8. The molecule has 0 unspecified atom stereocenters. The number of fused-ring (bicyclic) bond motifs is 1. The van der Waals surface area contributed by atoms with Crippen molar-refractivity contribution in [3.63, 3.8) is 0 Å². The van der Waals surface area contributed by atoms with Crippen molar-refractivity contribution in [1.29, 1.82) is 0 Å². The smallest absolute Gasteiger partial charge is 0.273 e. The highest BCUT2D eigenvalue weighted by atomic mass is 79.9. The van der Waals surface area contributed by atoms with Crippen LogP contribution in [-0.2, 0) is 7.05 Å². The molecule has 5 heteroatoms. The molecule has 22 heavy (non-hydrogen) atoms. The van der Waals surface area contributed by atoms with Crippen LogP contribution < -0.4 is 5.32 Å². The van der Waals surface area contributed by atoms with Gasteiger partial charge in [-0.3, -0.25) is 4.79 Å². The van der Waals surface area contributed by atoms with E-state index in [1.807, 2.05) is 42.8 Å². The predicted molar refractivity (Wildman–Crippen MR) is 89.7 cm³/mol. The maximum Gasteiger partial charge on any atom is 0.273 e. The van der Waals surface area contributed by atoms with Gasteiger partial charge in [-0.1, -0.05) is 24.3 Å². The van der Waals surface area contributed by atoms with Crippen LogP contribution in [0.25, 0.3) is 10.9 Å². The zero-order chi connectivity index (χ0) is 15.9. The van der Waals surface area contributed by atoms with Gasteiger partial charge in [-0.15, -0.1) is 0 Å². The number of anilines is 1. The average molecular weight is 361 g/mol. The van der Waals surface area contributed by atoms with Crippen LogP contribution in [0.5, 0.6) is 0 Å². The fraction of sp³-hybridized carbons (Fsp3) is 0.118. The van der Waals surface area contributed by atoms with Crippen LogP contribution in [0.3, 0.4) is 0 Å². The second kappa shape index (κ2) is 5.57. The van der Waals surface area contributed by atoms with Crippen LogP contribution in [0.15, 0.2) is 46.9 Å². The summed E-state index contributed by atoms with van der Waals surface area (Å²) in [6, 6.07) is 12.1. The molecule has 1 N–H and O–H groups in total. The molecule has 112 valence electrons. The van der Waals surface area contributed by atoms with Gasteiger partial charge in [0, 0.05) is 23.6 Å². The van der Waals surface area contributed by atoms with E-state index in [2.05, 4.69) is 21.2 Å². The van der Waals surface area contributed by atoms with Gasteiger partial charge in [0.25, 0.3) is 5.91 Å². The summed E-state index contributed by atoms with van der Waals surface area (Å²) in [7, 11) is 1.83. The quantitative estimate of drug-likeness (QED) is 0.709. The van der Waals surface area contributed by atoms with E-state index in [0.29, 0.717) is 11.4 Å². The molecule has 0 aliphatic rings. The number of para-hydroxylation sites is 1. The fourth-order valence-electron chi connectivity index (χ4n) is 2.51. The van der Waals surface area contributed by atoms with Gasteiger partial charge < -0.3 is 9.88 Å². The Morgan fingerprint density at radius 1 is 1.23 bits per heavy atom. The van der Waals surface area contributed by atoms with Crippen molar-refractivity contribution in [2.75, 3.05) is 5.32 Å². The topological polar surface area (TPSA) is 34.0 Å². The number of carbonyl (C=O) groups excluding carboxylic acids is 1. The second-order valence-corrected chi connectivity index (χ2v) is 5.95. The summed E-state index contributed by atoms with van der Waals surface area (Å²) in [5.41, 5.74) is 2.74. The van der Waals surface area contributed by atoms with Crippen LogP contribution in [-0.4, -0.2) is 10.5 Å². The first-order valence-corrected chi connectivity index (χ1v) is 7.58. The van der Waals surface area contributed by atoms with Gasteiger partial charge in [-0.2, -0.15) is 0 Å². The average Bonchev–Trinajstić information content (AvgIpc) is 2.75. The van der Waals surface area contributed by atoms with E-state index < -0.39 is 0 Å². The number of rotatable bonds is 2. The molecule has 0 aliphatic heterocycles. The number of carbonyl (C=O) groups is 1. The van der Waals surface area contributed by atoms with Crippen LogP contribution in [0.4, 0.5) is 10.1 Å². The normalized spacial score (nSPS) is 10.9. The Morgan fingerprint density at radius 2 is 1.95 bits per heavy atom. The first-order chi connectivity index (χ1) is 10.5. The number of nitrogens with one attached hydrogen (secondary N) is 1. The number of benzene rings is 2. The first-order valence-electron chi connectivity index (χ1n) is 6.79.